The summed E-state index contributed by atoms with van der Waals surface area (Å²) in [4.78, 5) is 0. The molecule has 1 N–H and O–H groups in total. The molecule has 0 saturated heterocycles. The molecule has 2 heteroatoms. The number of hydrogen-bond acceptors (Lipinski definition) is 1. The smallest absolute Gasteiger partial charge is 0.0471 e. The molecule has 1 aromatic carbocycles. The van der Waals surface area contributed by atoms with Gasteiger partial charge in [0.15, 0.2) is 0 Å². The number of hydrogen-bond donors (Lipinski definition) is 1. The number of aliphatic hydroxyl groups excluding tert-OH is 1. The van der Waals surface area contributed by atoms with E-state index in [2.05, 4.69) is 41.1 Å². The molecule has 0 amide bonds. The van der Waals surface area contributed by atoms with Crippen LogP contribution in [0.4, 0.5) is 0 Å². The molecule has 1 nitrogen and oxygen atoms in total. The lowest BCUT2D eigenvalue weighted by Crippen LogP contribution is -1.92. The van der Waals surface area contributed by atoms with Gasteiger partial charge in [0.25, 0.3) is 0 Å². The molecule has 0 radical (unpaired) electrons. The number of benzene rings is 1. The maximum Gasteiger partial charge on any atom is 0.0471 e. The van der Waals surface area contributed by atoms with E-state index < -0.39 is 0 Å². The van der Waals surface area contributed by atoms with Crippen molar-refractivity contribution in [3.8, 4) is 0 Å². The Morgan fingerprint density at radius 1 is 1.25 bits per heavy atom. The van der Waals surface area contributed by atoms with Gasteiger partial charge >= 0.3 is 0 Å². The van der Waals surface area contributed by atoms with Crippen LogP contribution in [0.25, 0.3) is 0 Å². The van der Waals surface area contributed by atoms with Crippen LogP contribution in [0.15, 0.2) is 18.2 Å². The Kier molecular flexibility index (Phi) is 3.76. The van der Waals surface area contributed by atoms with Gasteiger partial charge < -0.3 is 5.11 Å². The van der Waals surface area contributed by atoms with Gasteiger partial charge in [0, 0.05) is 11.9 Å². The molecule has 0 unspecified atom stereocenters. The van der Waals surface area contributed by atoms with E-state index in [1.54, 1.807) is 0 Å². The molecule has 0 saturated carbocycles. The molecule has 12 heavy (non-hydrogen) atoms. The van der Waals surface area contributed by atoms with Crippen molar-refractivity contribution in [1.82, 2.24) is 0 Å². The second kappa shape index (κ2) is 4.63. The Balaban J connectivity index is 2.90. The van der Waals surface area contributed by atoms with Gasteiger partial charge in [-0.2, -0.15) is 0 Å². The summed E-state index contributed by atoms with van der Waals surface area (Å²) in [6.07, 6.45) is 0.752. The third-order valence-corrected chi connectivity index (χ3v) is 2.40. The van der Waals surface area contributed by atoms with Crippen molar-refractivity contribution in [3.63, 3.8) is 0 Å². The van der Waals surface area contributed by atoms with Crippen molar-refractivity contribution in [2.75, 3.05) is 6.61 Å². The standard InChI is InChI=1S/C10H13BrO/c1-8-4-9(2-3-12)6-10(5-8)7-11/h4-6,12H,2-3,7H2,1H3. The van der Waals surface area contributed by atoms with E-state index in [0.29, 0.717) is 0 Å². The summed E-state index contributed by atoms with van der Waals surface area (Å²) in [6.45, 7) is 2.30. The normalized spacial score (nSPS) is 10.2. The maximum absolute atomic E-state index is 8.76. The molecule has 0 fully saturated rings. The summed E-state index contributed by atoms with van der Waals surface area (Å²) in [5.41, 5.74) is 3.75. The molecular formula is C10H13BrO. The zero-order chi connectivity index (χ0) is 8.97. The molecule has 0 bridgehead atoms. The second-order valence-electron chi connectivity index (χ2n) is 2.93. The summed E-state index contributed by atoms with van der Waals surface area (Å²) in [6, 6.07) is 6.38. The van der Waals surface area contributed by atoms with Crippen molar-refractivity contribution in [2.24, 2.45) is 0 Å². The van der Waals surface area contributed by atoms with Crippen LogP contribution in [0, 0.1) is 6.92 Å². The van der Waals surface area contributed by atoms with E-state index in [1.165, 1.54) is 16.7 Å². The fraction of sp³-hybridized carbons (Fsp3) is 0.400. The maximum atomic E-state index is 8.76. The van der Waals surface area contributed by atoms with Crippen LogP contribution in [0.1, 0.15) is 16.7 Å². The SMILES string of the molecule is Cc1cc(CBr)cc(CCO)c1. The highest BCUT2D eigenvalue weighted by atomic mass is 79.9. The zero-order valence-corrected chi connectivity index (χ0v) is 8.76. The van der Waals surface area contributed by atoms with E-state index >= 15 is 0 Å². The van der Waals surface area contributed by atoms with Gasteiger partial charge in [-0.25, -0.2) is 0 Å². The summed E-state index contributed by atoms with van der Waals surface area (Å²) in [7, 11) is 0. The lowest BCUT2D eigenvalue weighted by molar-refractivity contribution is 0.299. The molecule has 1 rings (SSSR count). The van der Waals surface area contributed by atoms with Gasteiger partial charge in [-0.15, -0.1) is 0 Å². The predicted molar refractivity (Wildman–Crippen MR) is 54.6 cm³/mol. The van der Waals surface area contributed by atoms with Crippen LogP contribution in [0.5, 0.6) is 0 Å². The lowest BCUT2D eigenvalue weighted by Gasteiger charge is -2.03. The summed E-state index contributed by atoms with van der Waals surface area (Å²) < 4.78 is 0. The number of halogens is 1. The van der Waals surface area contributed by atoms with Crippen LogP contribution in [-0.4, -0.2) is 11.7 Å². The van der Waals surface area contributed by atoms with Gasteiger partial charge in [-0.3, -0.25) is 0 Å². The molecule has 0 atom stereocenters. The van der Waals surface area contributed by atoms with Gasteiger partial charge in [0.2, 0.25) is 0 Å². The van der Waals surface area contributed by atoms with Crippen molar-refractivity contribution in [1.29, 1.82) is 0 Å². The fourth-order valence-corrected chi connectivity index (χ4v) is 1.62. The van der Waals surface area contributed by atoms with Crippen molar-refractivity contribution >= 4 is 15.9 Å². The lowest BCUT2D eigenvalue weighted by atomic mass is 10.1. The zero-order valence-electron chi connectivity index (χ0n) is 7.18. The van der Waals surface area contributed by atoms with E-state index in [9.17, 15) is 0 Å². The molecule has 1 aromatic rings. The molecule has 0 aliphatic rings. The van der Waals surface area contributed by atoms with Crippen LogP contribution >= 0.6 is 15.9 Å². The fourth-order valence-electron chi connectivity index (χ4n) is 1.30. The van der Waals surface area contributed by atoms with Crippen molar-refractivity contribution in [2.45, 2.75) is 18.7 Å². The minimum atomic E-state index is 0.227. The van der Waals surface area contributed by atoms with E-state index in [0.717, 1.165) is 11.8 Å². The number of aliphatic hydroxyl groups is 1. The predicted octanol–water partition coefficient (Wildman–Crippen LogP) is 2.42. The molecule has 0 aliphatic heterocycles. The monoisotopic (exact) mass is 228 g/mol. The molecule has 0 aromatic heterocycles. The first-order valence-corrected chi connectivity index (χ1v) is 5.14. The highest BCUT2D eigenvalue weighted by Gasteiger charge is 1.96. The number of rotatable bonds is 3. The van der Waals surface area contributed by atoms with E-state index in [1.807, 2.05) is 0 Å². The largest absolute Gasteiger partial charge is 0.396 e. The first kappa shape index (κ1) is 9.75. The Morgan fingerprint density at radius 3 is 2.50 bits per heavy atom. The van der Waals surface area contributed by atoms with E-state index in [-0.39, 0.29) is 6.61 Å². The summed E-state index contributed by atoms with van der Waals surface area (Å²) in [5.74, 6) is 0. The average molecular weight is 229 g/mol. The van der Waals surface area contributed by atoms with Gasteiger partial charge in [0.05, 0.1) is 0 Å². The molecular weight excluding hydrogens is 216 g/mol. The first-order valence-electron chi connectivity index (χ1n) is 4.02. The van der Waals surface area contributed by atoms with Crippen LogP contribution in [-0.2, 0) is 11.8 Å². The highest BCUT2D eigenvalue weighted by Crippen LogP contribution is 2.12. The molecule has 0 spiro atoms. The third-order valence-electron chi connectivity index (χ3n) is 1.75. The molecule has 0 heterocycles. The second-order valence-corrected chi connectivity index (χ2v) is 3.49. The first-order chi connectivity index (χ1) is 5.76. The van der Waals surface area contributed by atoms with Gasteiger partial charge in [-0.05, 0) is 24.5 Å². The van der Waals surface area contributed by atoms with Crippen LogP contribution in [0.3, 0.4) is 0 Å². The summed E-state index contributed by atoms with van der Waals surface area (Å²) in [5, 5.41) is 9.64. The Labute approximate surface area is 81.6 Å². The van der Waals surface area contributed by atoms with Crippen molar-refractivity contribution in [3.05, 3.63) is 34.9 Å². The van der Waals surface area contributed by atoms with E-state index in [4.69, 9.17) is 5.11 Å². The number of alkyl halides is 1. The minimum Gasteiger partial charge on any atom is -0.396 e. The third kappa shape index (κ3) is 2.61. The van der Waals surface area contributed by atoms with Gasteiger partial charge in [-0.1, -0.05) is 39.7 Å². The topological polar surface area (TPSA) is 20.2 Å². The van der Waals surface area contributed by atoms with Crippen LogP contribution < -0.4 is 0 Å². The minimum absolute atomic E-state index is 0.227. The Morgan fingerprint density at radius 2 is 1.92 bits per heavy atom. The molecule has 66 valence electrons. The number of aryl methyl sites for hydroxylation is 1. The van der Waals surface area contributed by atoms with Gasteiger partial charge in [0.1, 0.15) is 0 Å². The van der Waals surface area contributed by atoms with Crippen molar-refractivity contribution < 1.29 is 5.11 Å². The Bertz CT molecular complexity index is 258. The molecule has 0 aliphatic carbocycles. The Hall–Kier alpha value is -0.340. The summed E-state index contributed by atoms with van der Waals surface area (Å²) >= 11 is 3.41. The quantitative estimate of drug-likeness (QED) is 0.789. The van der Waals surface area contributed by atoms with Crippen LogP contribution in [0.2, 0.25) is 0 Å². The highest BCUT2D eigenvalue weighted by molar-refractivity contribution is 9.08. The average Bonchev–Trinajstić information content (AvgIpc) is 2.04.